The van der Waals surface area contributed by atoms with Crippen LogP contribution in [0.1, 0.15) is 12.8 Å². The van der Waals surface area contributed by atoms with Crippen molar-refractivity contribution in [2.45, 2.75) is 18.9 Å². The molecule has 2 heterocycles. The first-order chi connectivity index (χ1) is 11.2. The van der Waals surface area contributed by atoms with E-state index in [1.165, 1.54) is 0 Å². The Morgan fingerprint density at radius 1 is 1.43 bits per heavy atom. The molecular weight excluding hydrogens is 322 g/mol. The molecule has 1 saturated heterocycles. The van der Waals surface area contributed by atoms with Crippen molar-refractivity contribution < 1.29 is 18.8 Å². The van der Waals surface area contributed by atoms with Crippen molar-refractivity contribution in [3.05, 3.63) is 29.3 Å². The van der Waals surface area contributed by atoms with E-state index in [2.05, 4.69) is 15.5 Å². The molecule has 0 aliphatic carbocycles. The average Bonchev–Trinajstić information content (AvgIpc) is 3.23. The van der Waals surface area contributed by atoms with Gasteiger partial charge in [0.15, 0.2) is 6.61 Å². The van der Waals surface area contributed by atoms with E-state index in [1.54, 1.807) is 12.1 Å². The summed E-state index contributed by atoms with van der Waals surface area (Å²) in [6.07, 6.45) is 2.01. The first-order valence-electron chi connectivity index (χ1n) is 7.32. The molecule has 23 heavy (non-hydrogen) atoms. The van der Waals surface area contributed by atoms with Gasteiger partial charge in [-0.2, -0.15) is 4.98 Å². The molecule has 7 nitrogen and oxygen atoms in total. The Balaban J connectivity index is 1.49. The van der Waals surface area contributed by atoms with E-state index >= 15 is 0 Å². The number of carbonyl (C=O) groups is 1. The Kier molecular flexibility index (Phi) is 5.09. The SMILES string of the molecule is O=C(COc1nc(-c2ccccc2Cl)no1)NC[C@@H]1CCCO1. The van der Waals surface area contributed by atoms with Crippen LogP contribution in [-0.2, 0) is 9.53 Å². The fourth-order valence-electron chi connectivity index (χ4n) is 2.23. The number of hydrogen-bond acceptors (Lipinski definition) is 6. The van der Waals surface area contributed by atoms with E-state index in [0.717, 1.165) is 19.4 Å². The molecule has 0 spiro atoms. The summed E-state index contributed by atoms with van der Waals surface area (Å²) in [6.45, 7) is 1.04. The Morgan fingerprint density at radius 3 is 3.09 bits per heavy atom. The summed E-state index contributed by atoms with van der Waals surface area (Å²) in [6, 6.07) is 7.12. The molecule has 1 N–H and O–H groups in total. The van der Waals surface area contributed by atoms with Gasteiger partial charge < -0.3 is 14.8 Å². The third kappa shape index (κ3) is 4.20. The van der Waals surface area contributed by atoms with Crippen LogP contribution in [0, 0.1) is 0 Å². The van der Waals surface area contributed by atoms with Crippen LogP contribution in [0.5, 0.6) is 6.08 Å². The van der Waals surface area contributed by atoms with Crippen molar-refractivity contribution in [1.82, 2.24) is 15.5 Å². The van der Waals surface area contributed by atoms with Crippen molar-refractivity contribution in [3.8, 4) is 17.5 Å². The first-order valence-corrected chi connectivity index (χ1v) is 7.70. The molecule has 1 fully saturated rings. The van der Waals surface area contributed by atoms with Crippen molar-refractivity contribution in [3.63, 3.8) is 0 Å². The van der Waals surface area contributed by atoms with Gasteiger partial charge in [0.25, 0.3) is 5.91 Å². The number of aromatic nitrogens is 2. The van der Waals surface area contributed by atoms with E-state index in [1.807, 2.05) is 12.1 Å². The van der Waals surface area contributed by atoms with Gasteiger partial charge in [0, 0.05) is 18.7 Å². The molecule has 0 unspecified atom stereocenters. The lowest BCUT2D eigenvalue weighted by Crippen LogP contribution is -2.35. The van der Waals surface area contributed by atoms with Crippen molar-refractivity contribution >= 4 is 17.5 Å². The lowest BCUT2D eigenvalue weighted by atomic mass is 10.2. The van der Waals surface area contributed by atoms with E-state index < -0.39 is 0 Å². The van der Waals surface area contributed by atoms with Gasteiger partial charge in [-0.3, -0.25) is 9.32 Å². The van der Waals surface area contributed by atoms with Crippen LogP contribution in [0.4, 0.5) is 0 Å². The highest BCUT2D eigenvalue weighted by Gasteiger charge is 2.17. The van der Waals surface area contributed by atoms with Crippen LogP contribution < -0.4 is 10.1 Å². The van der Waals surface area contributed by atoms with Gasteiger partial charge in [0.2, 0.25) is 5.82 Å². The van der Waals surface area contributed by atoms with Crippen LogP contribution in [0.2, 0.25) is 5.02 Å². The largest absolute Gasteiger partial charge is 0.439 e. The fraction of sp³-hybridized carbons (Fsp3) is 0.400. The highest BCUT2D eigenvalue weighted by Crippen LogP contribution is 2.26. The zero-order chi connectivity index (χ0) is 16.1. The summed E-state index contributed by atoms with van der Waals surface area (Å²) < 4.78 is 15.6. The topological polar surface area (TPSA) is 86.5 Å². The quantitative estimate of drug-likeness (QED) is 0.868. The molecule has 3 rings (SSSR count). The molecule has 1 aliphatic heterocycles. The minimum Gasteiger partial charge on any atom is -0.439 e. The van der Waals surface area contributed by atoms with Gasteiger partial charge >= 0.3 is 6.08 Å². The Labute approximate surface area is 137 Å². The van der Waals surface area contributed by atoms with Crippen LogP contribution in [0.15, 0.2) is 28.8 Å². The lowest BCUT2D eigenvalue weighted by Gasteiger charge is -2.10. The number of benzene rings is 1. The summed E-state index contributed by atoms with van der Waals surface area (Å²) >= 11 is 6.06. The number of carbonyl (C=O) groups excluding carboxylic acids is 1. The lowest BCUT2D eigenvalue weighted by molar-refractivity contribution is -0.124. The second-order valence-corrected chi connectivity index (χ2v) is 5.50. The van der Waals surface area contributed by atoms with Crippen molar-refractivity contribution in [2.75, 3.05) is 19.8 Å². The maximum atomic E-state index is 11.7. The first kappa shape index (κ1) is 15.8. The predicted octanol–water partition coefficient (Wildman–Crippen LogP) is 2.06. The third-order valence-corrected chi connectivity index (χ3v) is 3.73. The number of nitrogens with zero attached hydrogens (tertiary/aromatic N) is 2. The number of ether oxygens (including phenoxy) is 2. The van der Waals surface area contributed by atoms with Gasteiger partial charge in [-0.25, -0.2) is 0 Å². The van der Waals surface area contributed by atoms with Gasteiger partial charge in [-0.05, 0) is 25.0 Å². The monoisotopic (exact) mass is 337 g/mol. The molecule has 1 atom stereocenters. The zero-order valence-corrected chi connectivity index (χ0v) is 13.1. The fourth-order valence-corrected chi connectivity index (χ4v) is 2.45. The standard InChI is InChI=1S/C15H16ClN3O4/c16-12-6-2-1-5-11(12)14-18-15(23-19-14)22-9-13(20)17-8-10-4-3-7-21-10/h1-2,5-6,10H,3-4,7-9H2,(H,17,20)/t10-/m0/s1. The zero-order valence-electron chi connectivity index (χ0n) is 12.3. The van der Waals surface area contributed by atoms with E-state index in [9.17, 15) is 4.79 Å². The molecule has 1 aromatic carbocycles. The minimum atomic E-state index is -0.266. The second-order valence-electron chi connectivity index (χ2n) is 5.09. The Hall–Kier alpha value is -2.12. The van der Waals surface area contributed by atoms with Crippen LogP contribution in [0.25, 0.3) is 11.4 Å². The van der Waals surface area contributed by atoms with Crippen LogP contribution in [0.3, 0.4) is 0 Å². The van der Waals surface area contributed by atoms with E-state index in [0.29, 0.717) is 23.0 Å². The van der Waals surface area contributed by atoms with E-state index in [-0.39, 0.29) is 24.7 Å². The summed E-state index contributed by atoms with van der Waals surface area (Å²) in [5, 5.41) is 7.04. The molecule has 0 saturated carbocycles. The Morgan fingerprint density at radius 2 is 2.30 bits per heavy atom. The summed E-state index contributed by atoms with van der Waals surface area (Å²) in [5.74, 6) is 0.0448. The minimum absolute atomic E-state index is 0.0767. The summed E-state index contributed by atoms with van der Waals surface area (Å²) in [4.78, 5) is 15.8. The molecule has 0 radical (unpaired) electrons. The molecular formula is C15H16ClN3O4. The highest BCUT2D eigenvalue weighted by molar-refractivity contribution is 6.33. The van der Waals surface area contributed by atoms with Gasteiger partial charge in [0.05, 0.1) is 11.1 Å². The molecule has 0 bridgehead atoms. The normalized spacial score (nSPS) is 17.2. The average molecular weight is 338 g/mol. The second kappa shape index (κ2) is 7.43. The van der Waals surface area contributed by atoms with E-state index in [4.69, 9.17) is 25.6 Å². The number of amides is 1. The molecule has 2 aromatic rings. The maximum absolute atomic E-state index is 11.7. The van der Waals surface area contributed by atoms with Crippen molar-refractivity contribution in [2.24, 2.45) is 0 Å². The summed E-state index contributed by atoms with van der Waals surface area (Å²) in [5.41, 5.74) is 0.635. The summed E-state index contributed by atoms with van der Waals surface area (Å²) in [7, 11) is 0. The highest BCUT2D eigenvalue weighted by atomic mass is 35.5. The molecule has 1 aromatic heterocycles. The molecule has 1 aliphatic rings. The smallest absolute Gasteiger partial charge is 0.418 e. The van der Waals surface area contributed by atoms with Gasteiger partial charge in [-0.1, -0.05) is 28.9 Å². The molecule has 1 amide bonds. The number of halogens is 1. The van der Waals surface area contributed by atoms with Crippen LogP contribution >= 0.6 is 11.6 Å². The molecule has 8 heteroatoms. The Bertz CT molecular complexity index is 670. The number of nitrogens with one attached hydrogen (secondary N) is 1. The maximum Gasteiger partial charge on any atom is 0.418 e. The third-order valence-electron chi connectivity index (χ3n) is 3.40. The predicted molar refractivity (Wildman–Crippen MR) is 82.2 cm³/mol. The molecule has 122 valence electrons. The van der Waals surface area contributed by atoms with Gasteiger partial charge in [-0.15, -0.1) is 0 Å². The van der Waals surface area contributed by atoms with Crippen molar-refractivity contribution in [1.29, 1.82) is 0 Å². The van der Waals surface area contributed by atoms with Gasteiger partial charge in [0.1, 0.15) is 0 Å². The van der Waals surface area contributed by atoms with Crippen LogP contribution in [-0.4, -0.2) is 41.9 Å². The number of hydrogen-bond donors (Lipinski definition) is 1. The number of rotatable bonds is 6.